The first-order valence-electron chi connectivity index (χ1n) is 7.64. The summed E-state index contributed by atoms with van der Waals surface area (Å²) in [6, 6.07) is 5.28. The first-order chi connectivity index (χ1) is 10.3. The molecule has 1 amide bonds. The highest BCUT2D eigenvalue weighted by atomic mass is 32.2. The fraction of sp³-hybridized carbons (Fsp3) is 0.562. The van der Waals surface area contributed by atoms with E-state index in [0.717, 1.165) is 18.4 Å². The van der Waals surface area contributed by atoms with Crippen molar-refractivity contribution in [2.75, 3.05) is 19.6 Å². The third kappa shape index (κ3) is 4.08. The van der Waals surface area contributed by atoms with Crippen LogP contribution in [0.5, 0.6) is 0 Å². The van der Waals surface area contributed by atoms with E-state index in [9.17, 15) is 13.2 Å². The number of amides is 1. The maximum atomic E-state index is 12.4. The lowest BCUT2D eigenvalue weighted by Gasteiger charge is -2.31. The minimum absolute atomic E-state index is 0.152. The topological polar surface area (TPSA) is 66.5 Å². The van der Waals surface area contributed by atoms with Crippen LogP contribution >= 0.6 is 0 Å². The van der Waals surface area contributed by atoms with Gasteiger partial charge in [-0.25, -0.2) is 13.1 Å². The Morgan fingerprint density at radius 3 is 2.77 bits per heavy atom. The van der Waals surface area contributed by atoms with Crippen molar-refractivity contribution in [3.05, 3.63) is 29.3 Å². The van der Waals surface area contributed by atoms with Crippen molar-refractivity contribution < 1.29 is 13.2 Å². The summed E-state index contributed by atoms with van der Waals surface area (Å²) in [5.41, 5.74) is 1.55. The molecule has 22 heavy (non-hydrogen) atoms. The number of piperidine rings is 1. The van der Waals surface area contributed by atoms with Gasteiger partial charge < -0.3 is 4.90 Å². The minimum atomic E-state index is -3.66. The van der Waals surface area contributed by atoms with Crippen LogP contribution in [0.15, 0.2) is 23.1 Å². The summed E-state index contributed by atoms with van der Waals surface area (Å²) >= 11 is 0. The number of sulfonamides is 1. The third-order valence-electron chi connectivity index (χ3n) is 4.06. The van der Waals surface area contributed by atoms with E-state index in [1.807, 2.05) is 13.0 Å². The average Bonchev–Trinajstić information content (AvgIpc) is 2.47. The second-order valence-corrected chi connectivity index (χ2v) is 7.92. The molecule has 5 nitrogen and oxygen atoms in total. The van der Waals surface area contributed by atoms with Gasteiger partial charge in [0, 0.05) is 13.1 Å². The van der Waals surface area contributed by atoms with Gasteiger partial charge in [-0.05, 0) is 49.8 Å². The number of rotatable bonds is 4. The number of hydrogen-bond donors (Lipinski definition) is 1. The molecule has 0 bridgehead atoms. The molecule has 1 atom stereocenters. The standard InChI is InChI=1S/C16H24N2O3S/c1-12-6-7-14(3)15(9-12)22(20,21)17-10-16(19)18-8-4-5-13(2)11-18/h6-7,9,13,17H,4-5,8,10-11H2,1-3H3. The average molecular weight is 324 g/mol. The highest BCUT2D eigenvalue weighted by Crippen LogP contribution is 2.17. The van der Waals surface area contributed by atoms with Gasteiger partial charge in [0.25, 0.3) is 0 Å². The fourth-order valence-corrected chi connectivity index (χ4v) is 4.06. The van der Waals surface area contributed by atoms with E-state index in [-0.39, 0.29) is 17.3 Å². The molecule has 1 aromatic rings. The van der Waals surface area contributed by atoms with Crippen molar-refractivity contribution in [1.82, 2.24) is 9.62 Å². The van der Waals surface area contributed by atoms with E-state index in [1.54, 1.807) is 24.0 Å². The number of nitrogens with zero attached hydrogens (tertiary/aromatic N) is 1. The van der Waals surface area contributed by atoms with Crippen molar-refractivity contribution in [1.29, 1.82) is 0 Å². The second-order valence-electron chi connectivity index (χ2n) is 6.18. The van der Waals surface area contributed by atoms with Gasteiger partial charge in [-0.15, -0.1) is 0 Å². The largest absolute Gasteiger partial charge is 0.341 e. The van der Waals surface area contributed by atoms with Gasteiger partial charge in [0.1, 0.15) is 0 Å². The highest BCUT2D eigenvalue weighted by molar-refractivity contribution is 7.89. The van der Waals surface area contributed by atoms with Gasteiger partial charge in [0.15, 0.2) is 0 Å². The monoisotopic (exact) mass is 324 g/mol. The molecule has 122 valence electrons. The molecule has 1 fully saturated rings. The van der Waals surface area contributed by atoms with Crippen LogP contribution in [0.3, 0.4) is 0 Å². The van der Waals surface area contributed by atoms with E-state index in [0.29, 0.717) is 24.6 Å². The Morgan fingerprint density at radius 2 is 2.09 bits per heavy atom. The Balaban J connectivity index is 2.03. The molecule has 0 saturated carbocycles. The second kappa shape index (κ2) is 6.79. The first kappa shape index (κ1) is 17.0. The molecular weight excluding hydrogens is 300 g/mol. The number of benzene rings is 1. The Kier molecular flexibility index (Phi) is 5.24. The zero-order valence-electron chi connectivity index (χ0n) is 13.4. The van der Waals surface area contributed by atoms with Crippen LogP contribution in [0.2, 0.25) is 0 Å². The number of carbonyl (C=O) groups is 1. The molecule has 2 rings (SSSR count). The van der Waals surface area contributed by atoms with Crippen LogP contribution in [0.4, 0.5) is 0 Å². The van der Waals surface area contributed by atoms with E-state index in [2.05, 4.69) is 11.6 Å². The summed E-state index contributed by atoms with van der Waals surface area (Å²) in [5, 5.41) is 0. The Hall–Kier alpha value is -1.40. The Labute approximate surface area is 132 Å². The van der Waals surface area contributed by atoms with E-state index < -0.39 is 10.0 Å². The number of carbonyl (C=O) groups excluding carboxylic acids is 1. The number of aryl methyl sites for hydroxylation is 2. The van der Waals surface area contributed by atoms with Crippen molar-refractivity contribution in [3.8, 4) is 0 Å². The molecule has 1 heterocycles. The predicted molar refractivity (Wildman–Crippen MR) is 86.1 cm³/mol. The van der Waals surface area contributed by atoms with Gasteiger partial charge >= 0.3 is 0 Å². The fourth-order valence-electron chi connectivity index (χ4n) is 2.76. The molecule has 1 saturated heterocycles. The summed E-state index contributed by atoms with van der Waals surface area (Å²) in [5.74, 6) is 0.328. The number of hydrogen-bond acceptors (Lipinski definition) is 3. The molecular formula is C16H24N2O3S. The smallest absolute Gasteiger partial charge is 0.241 e. The maximum absolute atomic E-state index is 12.4. The van der Waals surface area contributed by atoms with Crippen LogP contribution in [-0.4, -0.2) is 38.9 Å². The zero-order valence-corrected chi connectivity index (χ0v) is 14.2. The lowest BCUT2D eigenvalue weighted by Crippen LogP contribution is -2.44. The Bertz CT molecular complexity index is 655. The molecule has 1 aliphatic rings. The lowest BCUT2D eigenvalue weighted by atomic mass is 10.0. The lowest BCUT2D eigenvalue weighted by molar-refractivity contribution is -0.131. The van der Waals surface area contributed by atoms with E-state index in [1.165, 1.54) is 0 Å². The van der Waals surface area contributed by atoms with Crippen LogP contribution in [0.25, 0.3) is 0 Å². The van der Waals surface area contributed by atoms with Crippen LogP contribution in [0.1, 0.15) is 30.9 Å². The van der Waals surface area contributed by atoms with E-state index in [4.69, 9.17) is 0 Å². The third-order valence-corrected chi connectivity index (χ3v) is 5.60. The molecule has 0 aliphatic carbocycles. The molecule has 1 unspecified atom stereocenters. The van der Waals surface area contributed by atoms with Gasteiger partial charge in [-0.1, -0.05) is 19.1 Å². The van der Waals surface area contributed by atoms with Crippen molar-refractivity contribution in [3.63, 3.8) is 0 Å². The van der Waals surface area contributed by atoms with Crippen LogP contribution < -0.4 is 4.72 Å². The molecule has 6 heteroatoms. The van der Waals surface area contributed by atoms with Crippen LogP contribution in [-0.2, 0) is 14.8 Å². The maximum Gasteiger partial charge on any atom is 0.241 e. The molecule has 0 spiro atoms. The SMILES string of the molecule is Cc1ccc(C)c(S(=O)(=O)NCC(=O)N2CCCC(C)C2)c1. The number of nitrogens with one attached hydrogen (secondary N) is 1. The summed E-state index contributed by atoms with van der Waals surface area (Å²) < 4.78 is 27.2. The zero-order chi connectivity index (χ0) is 16.3. The summed E-state index contributed by atoms with van der Waals surface area (Å²) in [7, 11) is -3.66. The molecule has 1 aromatic carbocycles. The van der Waals surface area contributed by atoms with E-state index >= 15 is 0 Å². The van der Waals surface area contributed by atoms with Gasteiger partial charge in [-0.2, -0.15) is 0 Å². The summed E-state index contributed by atoms with van der Waals surface area (Å²) in [4.78, 5) is 14.2. The summed E-state index contributed by atoms with van der Waals surface area (Å²) in [6.45, 7) is 6.96. The van der Waals surface area contributed by atoms with Gasteiger partial charge in [0.2, 0.25) is 15.9 Å². The van der Waals surface area contributed by atoms with Crippen molar-refractivity contribution in [2.45, 2.75) is 38.5 Å². The first-order valence-corrected chi connectivity index (χ1v) is 9.12. The molecule has 1 N–H and O–H groups in total. The quantitative estimate of drug-likeness (QED) is 0.919. The Morgan fingerprint density at radius 1 is 1.36 bits per heavy atom. The number of likely N-dealkylation sites (tertiary alicyclic amines) is 1. The minimum Gasteiger partial charge on any atom is -0.341 e. The highest BCUT2D eigenvalue weighted by Gasteiger charge is 2.23. The summed E-state index contributed by atoms with van der Waals surface area (Å²) in [6.07, 6.45) is 2.11. The van der Waals surface area contributed by atoms with Crippen molar-refractivity contribution >= 4 is 15.9 Å². The van der Waals surface area contributed by atoms with Gasteiger partial charge in [-0.3, -0.25) is 4.79 Å². The molecule has 1 aliphatic heterocycles. The van der Waals surface area contributed by atoms with Gasteiger partial charge in [0.05, 0.1) is 11.4 Å². The normalized spacial score (nSPS) is 19.2. The van der Waals surface area contributed by atoms with Crippen molar-refractivity contribution in [2.24, 2.45) is 5.92 Å². The predicted octanol–water partition coefficient (Wildman–Crippen LogP) is 1.84. The molecule has 0 radical (unpaired) electrons. The van der Waals surface area contributed by atoms with Crippen LogP contribution in [0, 0.1) is 19.8 Å². The molecule has 0 aromatic heterocycles.